The molecule has 1 aliphatic rings. The number of fused-ring (bicyclic) bond motifs is 1. The minimum Gasteiger partial charge on any atom is -0.347 e. The van der Waals surface area contributed by atoms with E-state index < -0.39 is 0 Å². The Morgan fingerprint density at radius 3 is 2.64 bits per heavy atom. The first-order valence-electron chi connectivity index (χ1n) is 9.12. The zero-order valence-electron chi connectivity index (χ0n) is 15.3. The van der Waals surface area contributed by atoms with Crippen LogP contribution in [0, 0.1) is 12.8 Å². The Bertz CT molecular complexity index is 1110. The third-order valence-electron chi connectivity index (χ3n) is 5.01. The van der Waals surface area contributed by atoms with Gasteiger partial charge in [0.1, 0.15) is 6.54 Å². The molecule has 1 fully saturated rings. The minimum atomic E-state index is -0.345. The molecular weight excluding hydrogens is 397 g/mol. The van der Waals surface area contributed by atoms with Gasteiger partial charge in [0, 0.05) is 5.02 Å². The number of hydrogen-bond donors (Lipinski definition) is 1. The van der Waals surface area contributed by atoms with Gasteiger partial charge in [-0.3, -0.25) is 14.2 Å². The molecule has 1 unspecified atom stereocenters. The molecule has 1 heterocycles. The Labute approximate surface area is 172 Å². The van der Waals surface area contributed by atoms with E-state index in [0.717, 1.165) is 18.4 Å². The molecule has 3 aromatic rings. The number of aromatic nitrogens is 2. The van der Waals surface area contributed by atoms with Crippen molar-refractivity contribution in [2.75, 3.05) is 0 Å². The molecule has 5 nitrogen and oxygen atoms in total. The summed E-state index contributed by atoms with van der Waals surface area (Å²) in [4.78, 5) is 29.6. The summed E-state index contributed by atoms with van der Waals surface area (Å²) in [5.74, 6) is 0.213. The highest BCUT2D eigenvalue weighted by atomic mass is 35.5. The fraction of sp³-hybridized carbons (Fsp3) is 0.286. The van der Waals surface area contributed by atoms with Crippen molar-refractivity contribution in [2.24, 2.45) is 5.92 Å². The Kier molecular flexibility index (Phi) is 5.13. The maximum absolute atomic E-state index is 12.7. The van der Waals surface area contributed by atoms with Crippen LogP contribution in [0.2, 0.25) is 10.0 Å². The average Bonchev–Trinajstić information content (AvgIpc) is 3.48. The first kappa shape index (κ1) is 19.0. The zero-order chi connectivity index (χ0) is 19.8. The molecule has 1 amide bonds. The largest absolute Gasteiger partial charge is 0.347 e. The van der Waals surface area contributed by atoms with Gasteiger partial charge in [-0.25, -0.2) is 4.98 Å². The molecule has 1 aromatic heterocycles. The summed E-state index contributed by atoms with van der Waals surface area (Å²) in [5, 5.41) is 4.04. The zero-order valence-corrected chi connectivity index (χ0v) is 16.8. The summed E-state index contributed by atoms with van der Waals surface area (Å²) in [6, 6.07) is 11.2. The van der Waals surface area contributed by atoms with E-state index in [1.807, 2.05) is 31.2 Å². The van der Waals surface area contributed by atoms with Gasteiger partial charge in [0.05, 0.1) is 28.3 Å². The first-order valence-corrected chi connectivity index (χ1v) is 9.88. The number of halogens is 2. The standard InChI is InChI=1S/C21H19Cl2N3O2/c1-12-2-4-13(5-3-12)19(14-6-7-14)25-18(27)10-26-11-24-20-16(21(26)28)8-15(22)9-17(20)23/h2-5,8-9,11,14,19H,6-7,10H2,1H3,(H,25,27). The molecule has 0 saturated heterocycles. The SMILES string of the molecule is Cc1ccc(C(NC(=O)Cn2cnc3c(Cl)cc(Cl)cc3c2=O)C2CC2)cc1. The average molecular weight is 416 g/mol. The summed E-state index contributed by atoms with van der Waals surface area (Å²) in [7, 11) is 0. The molecule has 7 heteroatoms. The van der Waals surface area contributed by atoms with Crippen LogP contribution in [-0.2, 0) is 11.3 Å². The first-order chi connectivity index (χ1) is 13.4. The van der Waals surface area contributed by atoms with Gasteiger partial charge in [-0.2, -0.15) is 0 Å². The van der Waals surface area contributed by atoms with E-state index in [1.54, 1.807) is 0 Å². The molecule has 0 aliphatic heterocycles. The number of hydrogen-bond acceptors (Lipinski definition) is 3. The van der Waals surface area contributed by atoms with Gasteiger partial charge < -0.3 is 5.32 Å². The van der Waals surface area contributed by atoms with Crippen molar-refractivity contribution in [1.82, 2.24) is 14.9 Å². The number of carbonyl (C=O) groups excluding carboxylic acids is 1. The second kappa shape index (κ2) is 7.57. The molecule has 1 atom stereocenters. The number of nitrogens with zero attached hydrogens (tertiary/aromatic N) is 2. The monoisotopic (exact) mass is 415 g/mol. The minimum absolute atomic E-state index is 0.0406. The second-order valence-electron chi connectivity index (χ2n) is 7.25. The second-order valence-corrected chi connectivity index (χ2v) is 8.10. The number of benzene rings is 2. The molecule has 1 saturated carbocycles. The molecule has 0 bridgehead atoms. The van der Waals surface area contributed by atoms with Crippen molar-refractivity contribution >= 4 is 40.0 Å². The van der Waals surface area contributed by atoms with Gasteiger partial charge in [0.2, 0.25) is 5.91 Å². The van der Waals surface area contributed by atoms with Gasteiger partial charge in [-0.05, 0) is 43.4 Å². The van der Waals surface area contributed by atoms with Gasteiger partial charge in [-0.1, -0.05) is 53.0 Å². The van der Waals surface area contributed by atoms with Gasteiger partial charge >= 0.3 is 0 Å². The maximum atomic E-state index is 12.7. The lowest BCUT2D eigenvalue weighted by atomic mass is 10.0. The van der Waals surface area contributed by atoms with Crippen molar-refractivity contribution in [3.63, 3.8) is 0 Å². The summed E-state index contributed by atoms with van der Waals surface area (Å²) >= 11 is 12.1. The van der Waals surface area contributed by atoms with Crippen molar-refractivity contribution in [3.8, 4) is 0 Å². The third kappa shape index (κ3) is 3.91. The summed E-state index contributed by atoms with van der Waals surface area (Å²) in [6.45, 7) is 1.92. The quantitative estimate of drug-likeness (QED) is 0.676. The van der Waals surface area contributed by atoms with Crippen LogP contribution in [0.4, 0.5) is 0 Å². The topological polar surface area (TPSA) is 64.0 Å². The molecule has 1 aliphatic carbocycles. The highest BCUT2D eigenvalue weighted by molar-refractivity contribution is 6.38. The van der Waals surface area contributed by atoms with E-state index in [-0.39, 0.29) is 24.1 Å². The molecule has 28 heavy (non-hydrogen) atoms. The number of amides is 1. The third-order valence-corrected chi connectivity index (χ3v) is 5.51. The number of aryl methyl sites for hydroxylation is 1. The Balaban J connectivity index is 1.57. The predicted molar refractivity (Wildman–Crippen MR) is 111 cm³/mol. The van der Waals surface area contributed by atoms with Crippen molar-refractivity contribution in [1.29, 1.82) is 0 Å². The van der Waals surface area contributed by atoms with Crippen LogP contribution >= 0.6 is 23.2 Å². The van der Waals surface area contributed by atoms with Crippen LogP contribution in [0.1, 0.15) is 30.0 Å². The van der Waals surface area contributed by atoms with Crippen LogP contribution < -0.4 is 10.9 Å². The molecular formula is C21H19Cl2N3O2. The molecule has 0 radical (unpaired) electrons. The molecule has 0 spiro atoms. The van der Waals surface area contributed by atoms with Gasteiger partial charge in [0.15, 0.2) is 0 Å². The lowest BCUT2D eigenvalue weighted by molar-refractivity contribution is -0.122. The van der Waals surface area contributed by atoms with E-state index in [9.17, 15) is 9.59 Å². The van der Waals surface area contributed by atoms with Crippen LogP contribution in [0.15, 0.2) is 47.5 Å². The maximum Gasteiger partial charge on any atom is 0.261 e. The van der Waals surface area contributed by atoms with E-state index in [1.165, 1.54) is 28.6 Å². The smallest absolute Gasteiger partial charge is 0.261 e. The molecule has 144 valence electrons. The normalized spacial score (nSPS) is 14.8. The Morgan fingerprint density at radius 2 is 1.96 bits per heavy atom. The van der Waals surface area contributed by atoms with E-state index in [2.05, 4.69) is 10.3 Å². The Hall–Kier alpha value is -2.37. The van der Waals surface area contributed by atoms with Crippen molar-refractivity contribution < 1.29 is 4.79 Å². The molecule has 1 N–H and O–H groups in total. The van der Waals surface area contributed by atoms with E-state index in [0.29, 0.717) is 26.9 Å². The van der Waals surface area contributed by atoms with Crippen LogP contribution in [-0.4, -0.2) is 15.5 Å². The summed E-state index contributed by atoms with van der Waals surface area (Å²) < 4.78 is 1.28. The number of carbonyl (C=O) groups is 1. The summed E-state index contributed by atoms with van der Waals surface area (Å²) in [5.41, 5.74) is 2.30. The lowest BCUT2D eigenvalue weighted by Gasteiger charge is -2.19. The van der Waals surface area contributed by atoms with E-state index in [4.69, 9.17) is 23.2 Å². The molecule has 2 aromatic carbocycles. The fourth-order valence-corrected chi connectivity index (χ4v) is 3.90. The highest BCUT2D eigenvalue weighted by Gasteiger charge is 2.33. The van der Waals surface area contributed by atoms with Gasteiger partial charge in [-0.15, -0.1) is 0 Å². The highest BCUT2D eigenvalue weighted by Crippen LogP contribution is 2.41. The van der Waals surface area contributed by atoms with Crippen molar-refractivity contribution in [3.05, 3.63) is 74.3 Å². The number of rotatable bonds is 5. The predicted octanol–water partition coefficient (Wildman–Crippen LogP) is 4.28. The van der Waals surface area contributed by atoms with Crippen LogP contribution in [0.5, 0.6) is 0 Å². The van der Waals surface area contributed by atoms with E-state index >= 15 is 0 Å². The Morgan fingerprint density at radius 1 is 1.25 bits per heavy atom. The number of nitrogens with one attached hydrogen (secondary N) is 1. The fourth-order valence-electron chi connectivity index (χ4n) is 3.36. The van der Waals surface area contributed by atoms with Crippen LogP contribution in [0.25, 0.3) is 10.9 Å². The molecule has 4 rings (SSSR count). The van der Waals surface area contributed by atoms with Gasteiger partial charge in [0.25, 0.3) is 5.56 Å². The van der Waals surface area contributed by atoms with Crippen LogP contribution in [0.3, 0.4) is 0 Å². The summed E-state index contributed by atoms with van der Waals surface area (Å²) in [6.07, 6.45) is 3.53. The van der Waals surface area contributed by atoms with Crippen molar-refractivity contribution in [2.45, 2.75) is 32.4 Å². The lowest BCUT2D eigenvalue weighted by Crippen LogP contribution is -2.35.